The van der Waals surface area contributed by atoms with Gasteiger partial charge in [0.15, 0.2) is 0 Å². The molecule has 2 fully saturated rings. The molecule has 1 amide bonds. The molecular formula is C21H29Cl2N3O2. The molecule has 2 unspecified atom stereocenters. The maximum absolute atomic E-state index is 12.9. The van der Waals surface area contributed by atoms with E-state index in [-0.39, 0.29) is 48.6 Å². The van der Waals surface area contributed by atoms with Crippen molar-refractivity contribution in [3.8, 4) is 11.3 Å². The topological polar surface area (TPSA) is 58.4 Å². The highest BCUT2D eigenvalue weighted by Gasteiger charge is 2.38. The smallest absolute Gasteiger partial charge is 0.227 e. The van der Waals surface area contributed by atoms with Gasteiger partial charge in [-0.05, 0) is 25.8 Å². The van der Waals surface area contributed by atoms with Crippen LogP contribution in [-0.2, 0) is 4.79 Å². The summed E-state index contributed by atoms with van der Waals surface area (Å²) in [6, 6.07) is 10.1. The number of rotatable bonds is 4. The lowest BCUT2D eigenvalue weighted by atomic mass is 10.0. The van der Waals surface area contributed by atoms with Gasteiger partial charge < -0.3 is 14.6 Å². The van der Waals surface area contributed by atoms with Gasteiger partial charge in [0, 0.05) is 24.6 Å². The number of amides is 1. The van der Waals surface area contributed by atoms with E-state index in [1.165, 1.54) is 0 Å². The van der Waals surface area contributed by atoms with E-state index in [0.717, 1.165) is 55.9 Å². The molecule has 2 aromatic rings. The van der Waals surface area contributed by atoms with Crippen molar-refractivity contribution in [2.24, 2.45) is 5.92 Å². The molecule has 28 heavy (non-hydrogen) atoms. The molecule has 0 saturated carbocycles. The van der Waals surface area contributed by atoms with E-state index < -0.39 is 0 Å². The van der Waals surface area contributed by atoms with E-state index in [0.29, 0.717) is 5.89 Å². The Labute approximate surface area is 179 Å². The van der Waals surface area contributed by atoms with Crippen LogP contribution in [0.25, 0.3) is 11.3 Å². The van der Waals surface area contributed by atoms with Gasteiger partial charge in [0.2, 0.25) is 11.8 Å². The van der Waals surface area contributed by atoms with Gasteiger partial charge in [-0.25, -0.2) is 4.98 Å². The molecule has 1 aromatic carbocycles. The Morgan fingerprint density at radius 3 is 2.61 bits per heavy atom. The molecule has 7 heteroatoms. The normalized spacial score (nSPS) is 21.5. The first-order chi connectivity index (χ1) is 12.6. The second-order valence-corrected chi connectivity index (χ2v) is 7.67. The zero-order valence-corrected chi connectivity index (χ0v) is 18.0. The average Bonchev–Trinajstić information content (AvgIpc) is 3.41. The van der Waals surface area contributed by atoms with E-state index in [4.69, 9.17) is 9.40 Å². The van der Waals surface area contributed by atoms with E-state index >= 15 is 0 Å². The lowest BCUT2D eigenvalue weighted by molar-refractivity contribution is -0.136. The third kappa shape index (κ3) is 4.37. The van der Waals surface area contributed by atoms with Gasteiger partial charge in [-0.2, -0.15) is 0 Å². The third-order valence-corrected chi connectivity index (χ3v) is 5.47. The highest BCUT2D eigenvalue weighted by Crippen LogP contribution is 2.38. The summed E-state index contributed by atoms with van der Waals surface area (Å²) in [5, 5.41) is 3.29. The summed E-state index contributed by atoms with van der Waals surface area (Å²) in [4.78, 5) is 19.8. The number of benzene rings is 1. The van der Waals surface area contributed by atoms with E-state index in [1.807, 2.05) is 23.1 Å². The Bertz CT molecular complexity index is 773. The number of hydrogen-bond donors (Lipinski definition) is 1. The molecule has 4 rings (SSSR count). The number of hydrogen-bond acceptors (Lipinski definition) is 4. The lowest BCUT2D eigenvalue weighted by Gasteiger charge is -2.25. The van der Waals surface area contributed by atoms with E-state index in [2.05, 4.69) is 31.3 Å². The van der Waals surface area contributed by atoms with Crippen molar-refractivity contribution in [3.63, 3.8) is 0 Å². The highest BCUT2D eigenvalue weighted by atomic mass is 35.5. The Morgan fingerprint density at radius 2 is 1.96 bits per heavy atom. The van der Waals surface area contributed by atoms with Gasteiger partial charge in [-0.1, -0.05) is 44.2 Å². The quantitative estimate of drug-likeness (QED) is 0.778. The monoisotopic (exact) mass is 425 g/mol. The number of oxazole rings is 1. The highest BCUT2D eigenvalue weighted by molar-refractivity contribution is 5.85. The fourth-order valence-electron chi connectivity index (χ4n) is 4.07. The van der Waals surface area contributed by atoms with Crippen LogP contribution in [0.3, 0.4) is 0 Å². The molecule has 1 aromatic heterocycles. The number of carbonyl (C=O) groups excluding carboxylic acids is 1. The van der Waals surface area contributed by atoms with Crippen LogP contribution < -0.4 is 5.32 Å². The SMILES string of the molecule is CC(C)c1oc(C2CCCN2C(=O)C2CCNC2)nc1-c1ccccc1.Cl.Cl. The zero-order valence-electron chi connectivity index (χ0n) is 16.4. The summed E-state index contributed by atoms with van der Waals surface area (Å²) >= 11 is 0. The first-order valence-electron chi connectivity index (χ1n) is 9.72. The van der Waals surface area contributed by atoms with Gasteiger partial charge >= 0.3 is 0 Å². The summed E-state index contributed by atoms with van der Waals surface area (Å²) < 4.78 is 6.24. The minimum absolute atomic E-state index is 0. The Balaban J connectivity index is 0.00000140. The summed E-state index contributed by atoms with van der Waals surface area (Å²) in [6.45, 7) is 6.78. The van der Waals surface area contributed by atoms with Crippen molar-refractivity contribution in [2.75, 3.05) is 19.6 Å². The van der Waals surface area contributed by atoms with Gasteiger partial charge in [-0.15, -0.1) is 24.8 Å². The summed E-state index contributed by atoms with van der Waals surface area (Å²) in [5.41, 5.74) is 1.99. The second kappa shape index (κ2) is 9.77. The largest absolute Gasteiger partial charge is 0.442 e. The van der Waals surface area contributed by atoms with Crippen LogP contribution >= 0.6 is 24.8 Å². The maximum Gasteiger partial charge on any atom is 0.227 e. The van der Waals surface area contributed by atoms with Crippen molar-refractivity contribution in [2.45, 2.75) is 45.1 Å². The lowest BCUT2D eigenvalue weighted by Crippen LogP contribution is -2.36. The van der Waals surface area contributed by atoms with Crippen LogP contribution in [0, 0.1) is 5.92 Å². The molecule has 0 spiro atoms. The fraction of sp³-hybridized carbons (Fsp3) is 0.524. The zero-order chi connectivity index (χ0) is 18.1. The first kappa shape index (κ1) is 22.7. The van der Waals surface area contributed by atoms with Crippen molar-refractivity contribution >= 4 is 30.7 Å². The average molecular weight is 426 g/mol. The van der Waals surface area contributed by atoms with Crippen molar-refractivity contribution in [1.29, 1.82) is 0 Å². The van der Waals surface area contributed by atoms with Crippen LogP contribution in [0.1, 0.15) is 56.7 Å². The van der Waals surface area contributed by atoms with Crippen LogP contribution in [0.2, 0.25) is 0 Å². The molecule has 2 saturated heterocycles. The molecule has 0 radical (unpaired) electrons. The third-order valence-electron chi connectivity index (χ3n) is 5.47. The van der Waals surface area contributed by atoms with Crippen LogP contribution in [0.15, 0.2) is 34.7 Å². The number of likely N-dealkylation sites (tertiary alicyclic amines) is 1. The molecule has 2 atom stereocenters. The summed E-state index contributed by atoms with van der Waals surface area (Å²) in [6.07, 6.45) is 2.87. The summed E-state index contributed by atoms with van der Waals surface area (Å²) in [5.74, 6) is 2.21. The second-order valence-electron chi connectivity index (χ2n) is 7.67. The number of halogens is 2. The molecule has 0 bridgehead atoms. The van der Waals surface area contributed by atoms with Gasteiger partial charge in [0.25, 0.3) is 0 Å². The minimum Gasteiger partial charge on any atom is -0.442 e. The minimum atomic E-state index is -0.0296. The van der Waals surface area contributed by atoms with Gasteiger partial charge in [0.1, 0.15) is 17.5 Å². The molecular weight excluding hydrogens is 397 g/mol. The van der Waals surface area contributed by atoms with Crippen LogP contribution in [-0.4, -0.2) is 35.4 Å². The van der Waals surface area contributed by atoms with Crippen molar-refractivity contribution < 1.29 is 9.21 Å². The van der Waals surface area contributed by atoms with Crippen molar-refractivity contribution in [3.05, 3.63) is 42.0 Å². The first-order valence-corrected chi connectivity index (χ1v) is 9.72. The molecule has 154 valence electrons. The molecule has 5 nitrogen and oxygen atoms in total. The Hall–Kier alpha value is -1.56. The standard InChI is InChI=1S/C21H27N3O2.2ClH/c1-14(2)19-18(15-7-4-3-5-8-15)23-20(26-19)17-9-6-12-24(17)21(25)16-10-11-22-13-16;;/h3-5,7-8,14,16-17,22H,6,9-13H2,1-2H3;2*1H. The van der Waals surface area contributed by atoms with E-state index in [1.54, 1.807) is 0 Å². The van der Waals surface area contributed by atoms with Gasteiger partial charge in [-0.3, -0.25) is 4.79 Å². The number of nitrogens with one attached hydrogen (secondary N) is 1. The summed E-state index contributed by atoms with van der Waals surface area (Å²) in [7, 11) is 0. The predicted octanol–water partition coefficient (Wildman–Crippen LogP) is 4.58. The molecule has 2 aliphatic rings. The van der Waals surface area contributed by atoms with Crippen LogP contribution in [0.4, 0.5) is 0 Å². The Kier molecular flexibility index (Phi) is 7.93. The molecule has 0 aliphatic carbocycles. The number of carbonyl (C=O) groups is 1. The molecule has 2 aliphatic heterocycles. The van der Waals surface area contributed by atoms with Crippen molar-refractivity contribution in [1.82, 2.24) is 15.2 Å². The fourth-order valence-corrected chi connectivity index (χ4v) is 4.07. The predicted molar refractivity (Wildman–Crippen MR) is 115 cm³/mol. The van der Waals surface area contributed by atoms with Gasteiger partial charge in [0.05, 0.1) is 5.92 Å². The molecule has 1 N–H and O–H groups in total. The molecule has 3 heterocycles. The van der Waals surface area contributed by atoms with Crippen LogP contribution in [0.5, 0.6) is 0 Å². The number of aromatic nitrogens is 1. The Morgan fingerprint density at radius 1 is 1.21 bits per heavy atom. The van der Waals surface area contributed by atoms with E-state index in [9.17, 15) is 4.79 Å². The maximum atomic E-state index is 12.9. The number of nitrogens with zero attached hydrogens (tertiary/aromatic N) is 2.